The molecule has 132 valence electrons. The smallest absolute Gasteiger partial charge is 0.269 e. The quantitative estimate of drug-likeness (QED) is 0.533. The summed E-state index contributed by atoms with van der Waals surface area (Å²) in [5.74, 6) is 0.133. The number of hydrogen-bond acceptors (Lipinski definition) is 5. The topological polar surface area (TPSA) is 85.9 Å². The molecule has 2 aromatic rings. The third-order valence-electron chi connectivity index (χ3n) is 3.30. The number of rotatable bonds is 5. The van der Waals surface area contributed by atoms with Crippen LogP contribution in [0.5, 0.6) is 17.2 Å². The van der Waals surface area contributed by atoms with Crippen LogP contribution in [0.4, 0.5) is 0 Å². The van der Waals surface area contributed by atoms with Crippen molar-refractivity contribution in [3.05, 3.63) is 51.1 Å². The largest absolute Gasteiger partial charge is 0.493 e. The lowest BCUT2D eigenvalue weighted by Gasteiger charge is -2.14. The number of ether oxygens (including phenoxy) is 3. The average molecular weight is 456 g/mol. The zero-order valence-electron chi connectivity index (χ0n) is 13.9. The molecule has 0 spiro atoms. The number of carbonyl (C=O) groups is 2. The second-order valence-corrected chi connectivity index (χ2v) is 6.08. The lowest BCUT2D eigenvalue weighted by Crippen LogP contribution is -2.41. The zero-order valence-corrected chi connectivity index (χ0v) is 16.0. The van der Waals surface area contributed by atoms with Gasteiger partial charge in [-0.05, 0) is 52.9 Å². The SMILES string of the molecule is COc1cc(C(=O)NNC(=O)c2cccc(I)c2)cc(OC)c1OC. The van der Waals surface area contributed by atoms with Gasteiger partial charge in [0.2, 0.25) is 5.75 Å². The summed E-state index contributed by atoms with van der Waals surface area (Å²) in [6.07, 6.45) is 0. The summed E-state index contributed by atoms with van der Waals surface area (Å²) in [5, 5.41) is 0. The van der Waals surface area contributed by atoms with E-state index in [9.17, 15) is 9.59 Å². The number of nitrogens with one attached hydrogen (secondary N) is 2. The Bertz CT molecular complexity index is 769. The van der Waals surface area contributed by atoms with Crippen LogP contribution in [0.1, 0.15) is 20.7 Å². The normalized spacial score (nSPS) is 9.92. The minimum absolute atomic E-state index is 0.248. The molecule has 0 aliphatic rings. The van der Waals surface area contributed by atoms with Crippen molar-refractivity contribution < 1.29 is 23.8 Å². The molecule has 2 rings (SSSR count). The molecule has 8 heteroatoms. The summed E-state index contributed by atoms with van der Waals surface area (Å²) >= 11 is 2.11. The maximum atomic E-state index is 12.3. The predicted molar refractivity (Wildman–Crippen MR) is 100 cm³/mol. The first-order chi connectivity index (χ1) is 12.0. The van der Waals surface area contributed by atoms with Gasteiger partial charge < -0.3 is 14.2 Å². The van der Waals surface area contributed by atoms with E-state index >= 15 is 0 Å². The Hall–Kier alpha value is -2.49. The summed E-state index contributed by atoms with van der Waals surface area (Å²) in [4.78, 5) is 24.4. The highest BCUT2D eigenvalue weighted by atomic mass is 127. The fourth-order valence-corrected chi connectivity index (χ4v) is 2.64. The number of amides is 2. The molecule has 2 aromatic carbocycles. The van der Waals surface area contributed by atoms with Crippen molar-refractivity contribution >= 4 is 34.4 Å². The average Bonchev–Trinajstić information content (AvgIpc) is 2.64. The number of halogens is 1. The highest BCUT2D eigenvalue weighted by Gasteiger charge is 2.17. The summed E-state index contributed by atoms with van der Waals surface area (Å²) in [7, 11) is 4.39. The van der Waals surface area contributed by atoms with Gasteiger partial charge in [-0.2, -0.15) is 0 Å². The van der Waals surface area contributed by atoms with E-state index in [1.54, 1.807) is 18.2 Å². The van der Waals surface area contributed by atoms with Crippen LogP contribution in [0, 0.1) is 3.57 Å². The Morgan fingerprint density at radius 3 is 1.88 bits per heavy atom. The molecule has 0 saturated heterocycles. The van der Waals surface area contributed by atoms with E-state index in [2.05, 4.69) is 33.4 Å². The predicted octanol–water partition coefficient (Wildman–Crippen LogP) is 2.39. The van der Waals surface area contributed by atoms with Crippen molar-refractivity contribution in [1.82, 2.24) is 10.9 Å². The van der Waals surface area contributed by atoms with Crippen LogP contribution in [0.2, 0.25) is 0 Å². The van der Waals surface area contributed by atoms with E-state index in [0.717, 1.165) is 3.57 Å². The molecule has 7 nitrogen and oxygen atoms in total. The Labute approximate surface area is 158 Å². The number of hydrogen-bond donors (Lipinski definition) is 2. The first kappa shape index (κ1) is 18.8. The molecular formula is C17H17IN2O5. The first-order valence-corrected chi connectivity index (χ1v) is 8.24. The summed E-state index contributed by atoms with van der Waals surface area (Å²) < 4.78 is 16.5. The van der Waals surface area contributed by atoms with Crippen LogP contribution < -0.4 is 25.1 Å². The molecule has 0 aliphatic carbocycles. The van der Waals surface area contributed by atoms with Gasteiger partial charge in [-0.1, -0.05) is 6.07 Å². The first-order valence-electron chi connectivity index (χ1n) is 7.16. The van der Waals surface area contributed by atoms with Crippen molar-refractivity contribution in [2.75, 3.05) is 21.3 Å². The molecule has 0 atom stereocenters. The fourth-order valence-electron chi connectivity index (χ4n) is 2.10. The molecule has 2 amide bonds. The van der Waals surface area contributed by atoms with Gasteiger partial charge in [-0.15, -0.1) is 0 Å². The molecule has 25 heavy (non-hydrogen) atoms. The minimum Gasteiger partial charge on any atom is -0.493 e. The molecule has 0 bridgehead atoms. The van der Waals surface area contributed by atoms with E-state index in [4.69, 9.17) is 14.2 Å². The maximum absolute atomic E-state index is 12.3. The Morgan fingerprint density at radius 1 is 0.840 bits per heavy atom. The fraction of sp³-hybridized carbons (Fsp3) is 0.176. The lowest BCUT2D eigenvalue weighted by molar-refractivity contribution is 0.0846. The molecule has 0 unspecified atom stereocenters. The van der Waals surface area contributed by atoms with Crippen LogP contribution in [-0.4, -0.2) is 33.1 Å². The van der Waals surface area contributed by atoms with Crippen molar-refractivity contribution in [3.8, 4) is 17.2 Å². The van der Waals surface area contributed by atoms with E-state index < -0.39 is 11.8 Å². The van der Waals surface area contributed by atoms with Gasteiger partial charge in [0.15, 0.2) is 11.5 Å². The minimum atomic E-state index is -0.516. The van der Waals surface area contributed by atoms with Crippen molar-refractivity contribution in [2.24, 2.45) is 0 Å². The molecule has 0 aromatic heterocycles. The van der Waals surface area contributed by atoms with Gasteiger partial charge in [-0.3, -0.25) is 20.4 Å². The Kier molecular flexibility index (Phi) is 6.45. The maximum Gasteiger partial charge on any atom is 0.269 e. The van der Waals surface area contributed by atoms with Crippen LogP contribution in [0.15, 0.2) is 36.4 Å². The van der Waals surface area contributed by atoms with Crippen LogP contribution in [0.3, 0.4) is 0 Å². The van der Waals surface area contributed by atoms with Gasteiger partial charge in [0.05, 0.1) is 21.3 Å². The lowest BCUT2D eigenvalue weighted by atomic mass is 10.1. The number of carbonyl (C=O) groups excluding carboxylic acids is 2. The molecule has 2 N–H and O–H groups in total. The van der Waals surface area contributed by atoms with Gasteiger partial charge in [0.1, 0.15) is 0 Å². The number of hydrazine groups is 1. The third-order valence-corrected chi connectivity index (χ3v) is 3.97. The van der Waals surface area contributed by atoms with E-state index in [1.807, 2.05) is 6.07 Å². The highest BCUT2D eigenvalue weighted by molar-refractivity contribution is 14.1. The number of methoxy groups -OCH3 is 3. The van der Waals surface area contributed by atoms with Crippen molar-refractivity contribution in [2.45, 2.75) is 0 Å². The van der Waals surface area contributed by atoms with E-state index in [1.165, 1.54) is 33.5 Å². The van der Waals surface area contributed by atoms with Gasteiger partial charge in [0, 0.05) is 14.7 Å². The second-order valence-electron chi connectivity index (χ2n) is 4.83. The standard InChI is InChI=1S/C17H17IN2O5/c1-23-13-8-11(9-14(24-2)15(13)25-3)17(22)20-19-16(21)10-5-4-6-12(18)7-10/h4-9H,1-3H3,(H,19,21)(H,20,22). The molecule has 0 radical (unpaired) electrons. The third kappa shape index (κ3) is 4.53. The highest BCUT2D eigenvalue weighted by Crippen LogP contribution is 2.38. The van der Waals surface area contributed by atoms with Crippen LogP contribution in [-0.2, 0) is 0 Å². The molecule has 0 fully saturated rings. The summed E-state index contributed by atoms with van der Waals surface area (Å²) in [6.45, 7) is 0. The molecular weight excluding hydrogens is 439 g/mol. The molecule has 0 aliphatic heterocycles. The molecule has 0 saturated carbocycles. The Balaban J connectivity index is 2.14. The molecule has 0 heterocycles. The Morgan fingerprint density at radius 2 is 1.40 bits per heavy atom. The van der Waals surface area contributed by atoms with Crippen LogP contribution >= 0.6 is 22.6 Å². The monoisotopic (exact) mass is 456 g/mol. The van der Waals surface area contributed by atoms with Crippen LogP contribution in [0.25, 0.3) is 0 Å². The van der Waals surface area contributed by atoms with E-state index in [-0.39, 0.29) is 5.56 Å². The number of benzene rings is 2. The van der Waals surface area contributed by atoms with E-state index in [0.29, 0.717) is 22.8 Å². The van der Waals surface area contributed by atoms with Crippen molar-refractivity contribution in [1.29, 1.82) is 0 Å². The van der Waals surface area contributed by atoms with Crippen molar-refractivity contribution in [3.63, 3.8) is 0 Å². The van der Waals surface area contributed by atoms with Gasteiger partial charge in [0.25, 0.3) is 11.8 Å². The van der Waals surface area contributed by atoms with Gasteiger partial charge >= 0.3 is 0 Å². The second kappa shape index (κ2) is 8.56. The summed E-state index contributed by atoms with van der Waals surface area (Å²) in [6, 6.07) is 9.98. The summed E-state index contributed by atoms with van der Waals surface area (Å²) in [5.41, 5.74) is 5.43. The zero-order chi connectivity index (χ0) is 18.4. The van der Waals surface area contributed by atoms with Gasteiger partial charge in [-0.25, -0.2) is 0 Å².